The van der Waals surface area contributed by atoms with Crippen molar-refractivity contribution in [3.63, 3.8) is 0 Å². The SMILES string of the molecule is CC=CCCC1CCC(CCc2ccc(OCCCC)c(F)c2F)CC1. The molecule has 1 aromatic carbocycles. The molecule has 1 aliphatic rings. The van der Waals surface area contributed by atoms with Crippen LogP contribution in [0.4, 0.5) is 8.78 Å². The third-order valence-electron chi connectivity index (χ3n) is 5.65. The maximum absolute atomic E-state index is 14.3. The number of hydrogen-bond acceptors (Lipinski definition) is 1. The van der Waals surface area contributed by atoms with Gasteiger partial charge in [0.05, 0.1) is 6.61 Å². The highest BCUT2D eigenvalue weighted by atomic mass is 19.2. The van der Waals surface area contributed by atoms with Crippen LogP contribution in [0.2, 0.25) is 0 Å². The number of ether oxygens (including phenoxy) is 1. The van der Waals surface area contributed by atoms with Crippen molar-refractivity contribution in [1.29, 1.82) is 0 Å². The molecule has 0 spiro atoms. The predicted octanol–water partition coefficient (Wildman–Crippen LogP) is 7.24. The average Bonchev–Trinajstić information content (AvgIpc) is 2.66. The van der Waals surface area contributed by atoms with Gasteiger partial charge in [-0.15, -0.1) is 0 Å². The second-order valence-corrected chi connectivity index (χ2v) is 7.62. The van der Waals surface area contributed by atoms with E-state index in [9.17, 15) is 8.78 Å². The molecule has 0 heterocycles. The summed E-state index contributed by atoms with van der Waals surface area (Å²) in [7, 11) is 0. The van der Waals surface area contributed by atoms with Crippen LogP contribution in [-0.4, -0.2) is 6.61 Å². The topological polar surface area (TPSA) is 9.23 Å². The average molecular weight is 365 g/mol. The molecule has 0 radical (unpaired) electrons. The molecule has 26 heavy (non-hydrogen) atoms. The summed E-state index contributed by atoms with van der Waals surface area (Å²) < 4.78 is 33.8. The van der Waals surface area contributed by atoms with Crippen LogP contribution >= 0.6 is 0 Å². The number of rotatable bonds is 10. The Bertz CT molecular complexity index is 560. The second kappa shape index (κ2) is 11.4. The lowest BCUT2D eigenvalue weighted by Gasteiger charge is -2.28. The first-order valence-corrected chi connectivity index (χ1v) is 10.4. The molecule has 2 rings (SSSR count). The summed E-state index contributed by atoms with van der Waals surface area (Å²) in [5, 5.41) is 0. The molecule has 1 nitrogen and oxygen atoms in total. The Hall–Kier alpha value is -1.38. The molecule has 0 N–H and O–H groups in total. The first kappa shape index (κ1) is 20.9. The summed E-state index contributed by atoms with van der Waals surface area (Å²) in [6.07, 6.45) is 15.2. The summed E-state index contributed by atoms with van der Waals surface area (Å²) in [6.45, 7) is 4.55. The molecule has 1 aromatic rings. The van der Waals surface area contributed by atoms with E-state index in [-0.39, 0.29) is 5.75 Å². The van der Waals surface area contributed by atoms with E-state index < -0.39 is 11.6 Å². The molecule has 0 saturated heterocycles. The third kappa shape index (κ3) is 6.41. The van der Waals surface area contributed by atoms with E-state index in [2.05, 4.69) is 19.1 Å². The van der Waals surface area contributed by atoms with Crippen molar-refractivity contribution in [2.45, 2.75) is 78.1 Å². The molecule has 0 amide bonds. The van der Waals surface area contributed by atoms with Gasteiger partial charge in [0, 0.05) is 0 Å². The lowest BCUT2D eigenvalue weighted by Crippen LogP contribution is -2.15. The Labute approximate surface area is 157 Å². The van der Waals surface area contributed by atoms with Gasteiger partial charge in [0.1, 0.15) is 0 Å². The predicted molar refractivity (Wildman–Crippen MR) is 105 cm³/mol. The van der Waals surface area contributed by atoms with E-state index in [1.54, 1.807) is 12.1 Å². The van der Waals surface area contributed by atoms with E-state index in [1.807, 2.05) is 6.92 Å². The van der Waals surface area contributed by atoms with Gasteiger partial charge in [-0.2, -0.15) is 4.39 Å². The van der Waals surface area contributed by atoms with Gasteiger partial charge in [-0.3, -0.25) is 0 Å². The van der Waals surface area contributed by atoms with E-state index in [0.29, 0.717) is 24.5 Å². The standard InChI is InChI=1S/C23H34F2O/c1-3-5-7-8-18-9-11-19(12-10-18)13-14-20-15-16-21(23(25)22(20)24)26-17-6-4-2/h3,5,15-16,18-19H,4,6-14,17H2,1-2H3. The summed E-state index contributed by atoms with van der Waals surface area (Å²) >= 11 is 0. The summed E-state index contributed by atoms with van der Waals surface area (Å²) in [5.41, 5.74) is 0.487. The maximum atomic E-state index is 14.3. The zero-order valence-corrected chi connectivity index (χ0v) is 16.4. The van der Waals surface area contributed by atoms with Crippen molar-refractivity contribution in [3.8, 4) is 5.75 Å². The molecule has 146 valence electrons. The Morgan fingerprint density at radius 3 is 2.38 bits per heavy atom. The zero-order chi connectivity index (χ0) is 18.8. The number of halogens is 2. The van der Waals surface area contributed by atoms with Crippen molar-refractivity contribution >= 4 is 0 Å². The molecule has 1 saturated carbocycles. The van der Waals surface area contributed by atoms with Crippen LogP contribution in [0, 0.1) is 23.5 Å². The van der Waals surface area contributed by atoms with Gasteiger partial charge in [0.25, 0.3) is 0 Å². The van der Waals surface area contributed by atoms with Crippen LogP contribution in [0.3, 0.4) is 0 Å². The van der Waals surface area contributed by atoms with Crippen molar-refractivity contribution < 1.29 is 13.5 Å². The Kier molecular flexibility index (Phi) is 9.14. The minimum absolute atomic E-state index is 0.0429. The third-order valence-corrected chi connectivity index (χ3v) is 5.65. The maximum Gasteiger partial charge on any atom is 0.200 e. The highest BCUT2D eigenvalue weighted by Gasteiger charge is 2.21. The molecular formula is C23H34F2O. The molecule has 0 atom stereocenters. The van der Waals surface area contributed by atoms with Crippen molar-refractivity contribution in [3.05, 3.63) is 41.5 Å². The van der Waals surface area contributed by atoms with Crippen molar-refractivity contribution in [2.75, 3.05) is 6.61 Å². The summed E-state index contributed by atoms with van der Waals surface area (Å²) in [4.78, 5) is 0. The van der Waals surface area contributed by atoms with Crippen LogP contribution in [0.1, 0.15) is 77.2 Å². The molecule has 3 heteroatoms. The van der Waals surface area contributed by atoms with E-state index in [4.69, 9.17) is 4.74 Å². The van der Waals surface area contributed by atoms with E-state index in [0.717, 1.165) is 25.2 Å². The van der Waals surface area contributed by atoms with Gasteiger partial charge < -0.3 is 4.74 Å². The number of benzene rings is 1. The van der Waals surface area contributed by atoms with Crippen LogP contribution in [0.15, 0.2) is 24.3 Å². The lowest BCUT2D eigenvalue weighted by atomic mass is 9.78. The smallest absolute Gasteiger partial charge is 0.200 e. The van der Waals surface area contributed by atoms with Crippen LogP contribution in [-0.2, 0) is 6.42 Å². The molecule has 1 aliphatic carbocycles. The Morgan fingerprint density at radius 2 is 1.73 bits per heavy atom. The molecular weight excluding hydrogens is 330 g/mol. The van der Waals surface area contributed by atoms with Gasteiger partial charge in [0.15, 0.2) is 11.6 Å². The lowest BCUT2D eigenvalue weighted by molar-refractivity contribution is 0.253. The monoisotopic (exact) mass is 364 g/mol. The number of unbranched alkanes of at least 4 members (excludes halogenated alkanes) is 1. The first-order chi connectivity index (χ1) is 12.7. The molecule has 0 unspecified atom stereocenters. The van der Waals surface area contributed by atoms with Gasteiger partial charge in [-0.1, -0.05) is 57.2 Å². The molecule has 0 bridgehead atoms. The highest BCUT2D eigenvalue weighted by molar-refractivity contribution is 5.31. The Morgan fingerprint density at radius 1 is 1.04 bits per heavy atom. The van der Waals surface area contributed by atoms with E-state index in [1.165, 1.54) is 38.5 Å². The van der Waals surface area contributed by atoms with Crippen LogP contribution in [0.25, 0.3) is 0 Å². The minimum atomic E-state index is -0.828. The van der Waals surface area contributed by atoms with Crippen molar-refractivity contribution in [2.24, 2.45) is 11.8 Å². The fraction of sp³-hybridized carbons (Fsp3) is 0.652. The Balaban J connectivity index is 1.78. The fourth-order valence-corrected chi connectivity index (χ4v) is 3.87. The van der Waals surface area contributed by atoms with Gasteiger partial charge >= 0.3 is 0 Å². The van der Waals surface area contributed by atoms with Gasteiger partial charge in [-0.25, -0.2) is 4.39 Å². The summed E-state index contributed by atoms with van der Waals surface area (Å²) in [6, 6.07) is 3.28. The van der Waals surface area contributed by atoms with Crippen LogP contribution in [0.5, 0.6) is 5.75 Å². The quantitative estimate of drug-likeness (QED) is 0.314. The normalized spacial score (nSPS) is 20.6. The molecule has 0 aromatic heterocycles. The molecule has 0 aliphatic heterocycles. The highest BCUT2D eigenvalue weighted by Crippen LogP contribution is 2.34. The fourth-order valence-electron chi connectivity index (χ4n) is 3.87. The number of allylic oxidation sites excluding steroid dienone is 2. The second-order valence-electron chi connectivity index (χ2n) is 7.62. The van der Waals surface area contributed by atoms with Crippen molar-refractivity contribution in [1.82, 2.24) is 0 Å². The molecule has 1 fully saturated rings. The summed E-state index contributed by atoms with van der Waals surface area (Å²) in [5.74, 6) is -0.0150. The largest absolute Gasteiger partial charge is 0.490 e. The van der Waals surface area contributed by atoms with Gasteiger partial charge in [-0.05, 0) is 62.5 Å². The van der Waals surface area contributed by atoms with Gasteiger partial charge in [0.2, 0.25) is 5.82 Å². The minimum Gasteiger partial charge on any atom is -0.490 e. The first-order valence-electron chi connectivity index (χ1n) is 10.4. The zero-order valence-electron chi connectivity index (χ0n) is 16.4. The number of hydrogen-bond donors (Lipinski definition) is 0. The van der Waals surface area contributed by atoms with E-state index >= 15 is 0 Å². The van der Waals surface area contributed by atoms with Crippen LogP contribution < -0.4 is 4.74 Å². The number of aryl methyl sites for hydroxylation is 1.